The van der Waals surface area contributed by atoms with E-state index >= 15 is 0 Å². The van der Waals surface area contributed by atoms with Crippen molar-refractivity contribution in [2.75, 3.05) is 13.2 Å². The molecule has 0 aromatic heterocycles. The molecule has 172 valence electrons. The van der Waals surface area contributed by atoms with Crippen molar-refractivity contribution in [1.82, 2.24) is 0 Å². The van der Waals surface area contributed by atoms with Gasteiger partial charge in [-0.15, -0.1) is 0 Å². The summed E-state index contributed by atoms with van der Waals surface area (Å²) in [6.07, 6.45) is 0.753. The quantitative estimate of drug-likeness (QED) is 0.489. The third-order valence-electron chi connectivity index (χ3n) is 7.34. The van der Waals surface area contributed by atoms with Gasteiger partial charge < -0.3 is 23.1 Å². The Kier molecular flexibility index (Phi) is 7.30. The molecule has 4 atom stereocenters. The number of hydrogen-bond donors (Lipinski definition) is 0. The molecule has 0 bridgehead atoms. The van der Waals surface area contributed by atoms with Gasteiger partial charge in [-0.1, -0.05) is 41.5 Å². The molecular formula is C22H46O5Si2. The summed E-state index contributed by atoms with van der Waals surface area (Å²) >= 11 is 0. The average molecular weight is 447 g/mol. The summed E-state index contributed by atoms with van der Waals surface area (Å²) in [5.41, 5.74) is 0. The monoisotopic (exact) mass is 446 g/mol. The molecule has 0 N–H and O–H groups in total. The molecule has 2 aliphatic heterocycles. The number of rotatable bonds is 6. The van der Waals surface area contributed by atoms with E-state index in [0.717, 1.165) is 6.42 Å². The molecule has 7 heteroatoms. The highest BCUT2D eigenvalue weighted by Gasteiger charge is 2.49. The van der Waals surface area contributed by atoms with Crippen LogP contribution in [0.25, 0.3) is 0 Å². The van der Waals surface area contributed by atoms with Gasteiger partial charge >= 0.3 is 0 Å². The Hall–Kier alpha value is 0.234. The van der Waals surface area contributed by atoms with Crippen LogP contribution in [0.4, 0.5) is 0 Å². The number of hydrogen-bond acceptors (Lipinski definition) is 5. The first-order chi connectivity index (χ1) is 12.8. The van der Waals surface area contributed by atoms with Crippen LogP contribution in [0.5, 0.6) is 0 Å². The predicted octanol–water partition coefficient (Wildman–Crippen LogP) is 5.71. The van der Waals surface area contributed by atoms with E-state index in [4.69, 9.17) is 23.1 Å². The molecule has 29 heavy (non-hydrogen) atoms. The fourth-order valence-corrected chi connectivity index (χ4v) is 5.59. The second kappa shape index (κ2) is 8.30. The van der Waals surface area contributed by atoms with Crippen LogP contribution >= 0.6 is 0 Å². The Labute approximate surface area is 181 Å². The molecule has 0 aromatic carbocycles. The Balaban J connectivity index is 2.13. The first-order valence-electron chi connectivity index (χ1n) is 11.1. The van der Waals surface area contributed by atoms with Crippen molar-refractivity contribution in [3.05, 3.63) is 0 Å². The summed E-state index contributed by atoms with van der Waals surface area (Å²) in [6, 6.07) is 0. The van der Waals surface area contributed by atoms with Crippen LogP contribution in [0, 0.1) is 0 Å². The van der Waals surface area contributed by atoms with Crippen molar-refractivity contribution in [1.29, 1.82) is 0 Å². The van der Waals surface area contributed by atoms with Gasteiger partial charge in [-0.3, -0.25) is 0 Å². The topological polar surface area (TPSA) is 46.2 Å². The van der Waals surface area contributed by atoms with Gasteiger partial charge in [0, 0.05) is 6.42 Å². The maximum atomic E-state index is 6.82. The Morgan fingerprint density at radius 2 is 1.45 bits per heavy atom. The van der Waals surface area contributed by atoms with Crippen LogP contribution in [-0.4, -0.2) is 60.1 Å². The molecule has 0 amide bonds. The summed E-state index contributed by atoms with van der Waals surface area (Å²) < 4.78 is 31.8. The normalized spacial score (nSPS) is 31.4. The summed E-state index contributed by atoms with van der Waals surface area (Å²) in [6.45, 7) is 27.9. The maximum absolute atomic E-state index is 6.82. The van der Waals surface area contributed by atoms with Crippen LogP contribution in [0.3, 0.4) is 0 Å². The fourth-order valence-electron chi connectivity index (χ4n) is 3.22. The molecule has 0 aromatic rings. The van der Waals surface area contributed by atoms with Crippen LogP contribution in [0.15, 0.2) is 0 Å². The molecule has 2 rings (SSSR count). The molecule has 0 aliphatic carbocycles. The highest BCUT2D eigenvalue weighted by Crippen LogP contribution is 2.42. The van der Waals surface area contributed by atoms with Crippen molar-refractivity contribution in [2.45, 2.75) is 128 Å². The van der Waals surface area contributed by atoms with E-state index in [1.807, 2.05) is 13.8 Å². The molecular weight excluding hydrogens is 400 g/mol. The first kappa shape index (κ1) is 25.5. The minimum Gasteiger partial charge on any atom is -0.414 e. The third kappa shape index (κ3) is 6.14. The highest BCUT2D eigenvalue weighted by molar-refractivity contribution is 6.74. The van der Waals surface area contributed by atoms with Gasteiger partial charge in [0.05, 0.1) is 25.4 Å². The van der Waals surface area contributed by atoms with Gasteiger partial charge in [-0.2, -0.15) is 0 Å². The average Bonchev–Trinajstić information content (AvgIpc) is 3.05. The van der Waals surface area contributed by atoms with E-state index < -0.39 is 22.4 Å². The van der Waals surface area contributed by atoms with Crippen molar-refractivity contribution in [3.63, 3.8) is 0 Å². The largest absolute Gasteiger partial charge is 0.414 e. The van der Waals surface area contributed by atoms with E-state index in [9.17, 15) is 0 Å². The smallest absolute Gasteiger partial charge is 0.192 e. The molecule has 2 fully saturated rings. The zero-order valence-corrected chi connectivity index (χ0v) is 23.0. The van der Waals surface area contributed by atoms with E-state index in [1.165, 1.54) is 0 Å². The van der Waals surface area contributed by atoms with Gasteiger partial charge in [0.2, 0.25) is 0 Å². The van der Waals surface area contributed by atoms with Crippen LogP contribution in [-0.2, 0) is 23.1 Å². The summed E-state index contributed by atoms with van der Waals surface area (Å²) in [5, 5.41) is 0.331. The second-order valence-electron chi connectivity index (χ2n) is 12.3. The zero-order valence-electron chi connectivity index (χ0n) is 21.0. The van der Waals surface area contributed by atoms with E-state index in [2.05, 4.69) is 67.7 Å². The minimum absolute atomic E-state index is 0.0143. The van der Waals surface area contributed by atoms with Crippen molar-refractivity contribution in [3.8, 4) is 0 Å². The summed E-state index contributed by atoms with van der Waals surface area (Å²) in [7, 11) is -3.77. The molecule has 0 spiro atoms. The zero-order chi connectivity index (χ0) is 22.5. The molecule has 0 radical (unpaired) electrons. The van der Waals surface area contributed by atoms with E-state index in [-0.39, 0.29) is 34.5 Å². The predicted molar refractivity (Wildman–Crippen MR) is 123 cm³/mol. The van der Waals surface area contributed by atoms with Crippen LogP contribution in [0.1, 0.15) is 61.8 Å². The fraction of sp³-hybridized carbons (Fsp3) is 1.00. The van der Waals surface area contributed by atoms with Gasteiger partial charge in [0.1, 0.15) is 12.2 Å². The van der Waals surface area contributed by atoms with E-state index in [1.54, 1.807) is 0 Å². The molecule has 2 heterocycles. The standard InChI is InChI=1S/C22H46O5Si2/c1-20(2,3)28(9,10)24-15-18-17(27-29(11,12)21(4,5)6)13-16(25-18)19-14-23-22(7,8)26-19/h16-19H,13-15H2,1-12H3/t16-,17+,18-,19-/m1/s1. The van der Waals surface area contributed by atoms with Crippen LogP contribution < -0.4 is 0 Å². The van der Waals surface area contributed by atoms with Gasteiger partial charge in [0.15, 0.2) is 22.4 Å². The lowest BCUT2D eigenvalue weighted by atomic mass is 10.1. The van der Waals surface area contributed by atoms with Gasteiger partial charge in [-0.05, 0) is 50.1 Å². The van der Waals surface area contributed by atoms with Gasteiger partial charge in [0.25, 0.3) is 0 Å². The third-order valence-corrected chi connectivity index (χ3v) is 16.3. The molecule has 2 aliphatic rings. The number of ether oxygens (including phenoxy) is 3. The Bertz CT molecular complexity index is 563. The van der Waals surface area contributed by atoms with Crippen molar-refractivity contribution < 1.29 is 23.1 Å². The van der Waals surface area contributed by atoms with Crippen molar-refractivity contribution in [2.24, 2.45) is 0 Å². The molecule has 0 unspecified atom stereocenters. The van der Waals surface area contributed by atoms with Crippen LogP contribution in [0.2, 0.25) is 36.3 Å². The van der Waals surface area contributed by atoms with E-state index in [0.29, 0.717) is 13.2 Å². The van der Waals surface area contributed by atoms with Crippen molar-refractivity contribution >= 4 is 16.6 Å². The SMILES string of the molecule is CC1(C)OC[C@H]([C@H]2C[C@H](O[Si](C)(C)C(C)(C)C)[C@@H](CO[Si](C)(C)C(C)(C)C)O2)O1. The molecule has 2 saturated heterocycles. The summed E-state index contributed by atoms with van der Waals surface area (Å²) in [4.78, 5) is 0. The summed E-state index contributed by atoms with van der Waals surface area (Å²) in [5.74, 6) is -0.542. The Morgan fingerprint density at radius 1 is 0.897 bits per heavy atom. The van der Waals surface area contributed by atoms with Gasteiger partial charge in [-0.25, -0.2) is 0 Å². The molecule has 5 nitrogen and oxygen atoms in total. The highest BCUT2D eigenvalue weighted by atomic mass is 28.4. The lowest BCUT2D eigenvalue weighted by Crippen LogP contribution is -2.48. The maximum Gasteiger partial charge on any atom is 0.192 e. The first-order valence-corrected chi connectivity index (χ1v) is 17.0. The minimum atomic E-state index is -1.92. The lowest BCUT2D eigenvalue weighted by Gasteiger charge is -2.40. The molecule has 0 saturated carbocycles. The Morgan fingerprint density at radius 3 is 1.90 bits per heavy atom. The second-order valence-corrected chi connectivity index (χ2v) is 21.9. The lowest BCUT2D eigenvalue weighted by molar-refractivity contribution is -0.156.